The number of carbonyl (C=O) groups excluding carboxylic acids is 1. The van der Waals surface area contributed by atoms with E-state index in [4.69, 9.17) is 0 Å². The summed E-state index contributed by atoms with van der Waals surface area (Å²) >= 11 is 0. The molecule has 0 aliphatic rings. The van der Waals surface area contributed by atoms with E-state index in [0.717, 1.165) is 17.4 Å². The van der Waals surface area contributed by atoms with Gasteiger partial charge in [0.05, 0.1) is 12.2 Å². The number of aldehydes is 1. The third kappa shape index (κ3) is 3.49. The first-order valence-electron chi connectivity index (χ1n) is 7.85. The maximum atomic E-state index is 11.3. The number of aryl methyl sites for hydroxylation is 2. The Bertz CT molecular complexity index is 876. The normalized spacial score (nSPS) is 11.1. The van der Waals surface area contributed by atoms with Crippen molar-refractivity contribution < 1.29 is 4.79 Å². The molecule has 0 fully saturated rings. The van der Waals surface area contributed by atoms with E-state index in [-0.39, 0.29) is 0 Å². The van der Waals surface area contributed by atoms with Crippen molar-refractivity contribution in [1.82, 2.24) is 15.0 Å². The first kappa shape index (κ1) is 15.9. The van der Waals surface area contributed by atoms with Gasteiger partial charge in [0.1, 0.15) is 0 Å². The monoisotopic (exact) mass is 317 g/mol. The Morgan fingerprint density at radius 3 is 2.46 bits per heavy atom. The number of benzene rings is 2. The number of carbonyl (C=O) groups is 1. The lowest BCUT2D eigenvalue weighted by Gasteiger charge is -2.07. The third-order valence-electron chi connectivity index (χ3n) is 4.00. The van der Waals surface area contributed by atoms with Gasteiger partial charge in [0.25, 0.3) is 0 Å². The summed E-state index contributed by atoms with van der Waals surface area (Å²) in [5.74, 6) is 0. The molecular formula is C20H19N3O. The molecule has 24 heavy (non-hydrogen) atoms. The second-order valence-corrected chi connectivity index (χ2v) is 5.81. The quantitative estimate of drug-likeness (QED) is 0.670. The minimum Gasteiger partial charge on any atom is -0.296 e. The van der Waals surface area contributed by atoms with Gasteiger partial charge in [0.15, 0.2) is 12.0 Å². The van der Waals surface area contributed by atoms with Gasteiger partial charge in [0, 0.05) is 0 Å². The van der Waals surface area contributed by atoms with Crippen molar-refractivity contribution in [3.05, 3.63) is 82.2 Å². The largest absolute Gasteiger partial charge is 0.296 e. The van der Waals surface area contributed by atoms with Gasteiger partial charge in [-0.1, -0.05) is 65.4 Å². The molecule has 1 aromatic heterocycles. The Hall–Kier alpha value is -3.01. The second kappa shape index (κ2) is 7.04. The topological polar surface area (TPSA) is 47.8 Å². The predicted molar refractivity (Wildman–Crippen MR) is 95.8 cm³/mol. The average Bonchev–Trinajstić information content (AvgIpc) is 2.98. The van der Waals surface area contributed by atoms with E-state index in [1.54, 1.807) is 4.68 Å². The summed E-state index contributed by atoms with van der Waals surface area (Å²) in [6.07, 6.45) is 4.61. The van der Waals surface area contributed by atoms with E-state index in [2.05, 4.69) is 48.4 Å². The van der Waals surface area contributed by atoms with Crippen molar-refractivity contribution in [3.63, 3.8) is 0 Å². The van der Waals surface area contributed by atoms with Crippen molar-refractivity contribution >= 4 is 18.4 Å². The Morgan fingerprint density at radius 2 is 1.75 bits per heavy atom. The summed E-state index contributed by atoms with van der Waals surface area (Å²) in [4.78, 5) is 11.3. The predicted octanol–water partition coefficient (Wildman–Crippen LogP) is 3.93. The van der Waals surface area contributed by atoms with E-state index in [1.165, 1.54) is 11.1 Å². The van der Waals surface area contributed by atoms with Crippen LogP contribution in [0.3, 0.4) is 0 Å². The molecule has 0 bridgehead atoms. The van der Waals surface area contributed by atoms with Crippen molar-refractivity contribution in [3.8, 4) is 0 Å². The first-order valence-corrected chi connectivity index (χ1v) is 7.85. The number of rotatable bonds is 5. The van der Waals surface area contributed by atoms with Crippen LogP contribution in [0.1, 0.15) is 38.4 Å². The van der Waals surface area contributed by atoms with Gasteiger partial charge >= 0.3 is 0 Å². The fourth-order valence-electron chi connectivity index (χ4n) is 2.51. The maximum Gasteiger partial charge on any atom is 0.172 e. The fraction of sp³-hybridized carbons (Fsp3) is 0.150. The van der Waals surface area contributed by atoms with Crippen LogP contribution in [-0.4, -0.2) is 21.3 Å². The highest BCUT2D eigenvalue weighted by atomic mass is 16.1. The Balaban J connectivity index is 1.92. The lowest BCUT2D eigenvalue weighted by atomic mass is 10.1. The molecule has 0 N–H and O–H groups in total. The van der Waals surface area contributed by atoms with Gasteiger partial charge in [-0.25, -0.2) is 4.68 Å². The van der Waals surface area contributed by atoms with Crippen LogP contribution in [0.15, 0.2) is 48.5 Å². The van der Waals surface area contributed by atoms with Gasteiger partial charge in [-0.05, 0) is 36.6 Å². The van der Waals surface area contributed by atoms with Crippen LogP contribution in [0.25, 0.3) is 12.2 Å². The SMILES string of the molecule is Cc1ccc(/C=C/c2c(C=O)nnn2Cc2ccccc2C)cc1. The van der Waals surface area contributed by atoms with Crippen molar-refractivity contribution in [2.24, 2.45) is 0 Å². The standard InChI is InChI=1S/C20H19N3O/c1-15-7-9-17(10-8-15)11-12-20-19(14-24)21-22-23(20)13-18-6-4-3-5-16(18)2/h3-12,14H,13H2,1-2H3/b12-11+. The summed E-state index contributed by atoms with van der Waals surface area (Å²) in [7, 11) is 0. The highest BCUT2D eigenvalue weighted by Gasteiger charge is 2.10. The maximum absolute atomic E-state index is 11.3. The van der Waals surface area contributed by atoms with Gasteiger partial charge in [-0.3, -0.25) is 4.79 Å². The zero-order chi connectivity index (χ0) is 16.9. The molecule has 120 valence electrons. The molecule has 0 spiro atoms. The Morgan fingerprint density at radius 1 is 1.00 bits per heavy atom. The van der Waals surface area contributed by atoms with E-state index in [0.29, 0.717) is 17.9 Å². The van der Waals surface area contributed by atoms with Crippen LogP contribution in [0.4, 0.5) is 0 Å². The van der Waals surface area contributed by atoms with Crippen LogP contribution in [0, 0.1) is 13.8 Å². The fourth-order valence-corrected chi connectivity index (χ4v) is 2.51. The van der Waals surface area contributed by atoms with Crippen LogP contribution < -0.4 is 0 Å². The summed E-state index contributed by atoms with van der Waals surface area (Å²) in [5.41, 5.74) is 5.70. The zero-order valence-corrected chi connectivity index (χ0v) is 13.8. The van der Waals surface area contributed by atoms with Crippen molar-refractivity contribution in [2.75, 3.05) is 0 Å². The van der Waals surface area contributed by atoms with Crippen molar-refractivity contribution in [2.45, 2.75) is 20.4 Å². The minimum atomic E-state index is 0.354. The molecule has 0 amide bonds. The van der Waals surface area contributed by atoms with Gasteiger partial charge < -0.3 is 0 Å². The number of aromatic nitrogens is 3. The first-order chi connectivity index (χ1) is 11.7. The van der Waals surface area contributed by atoms with Gasteiger partial charge in [-0.2, -0.15) is 0 Å². The van der Waals surface area contributed by atoms with E-state index < -0.39 is 0 Å². The molecule has 0 saturated heterocycles. The molecular weight excluding hydrogens is 298 g/mol. The summed E-state index contributed by atoms with van der Waals surface area (Å²) in [6, 6.07) is 16.3. The zero-order valence-electron chi connectivity index (χ0n) is 13.8. The summed E-state index contributed by atoms with van der Waals surface area (Å²) < 4.78 is 1.76. The van der Waals surface area contributed by atoms with Gasteiger partial charge in [0.2, 0.25) is 0 Å². The van der Waals surface area contributed by atoms with Crippen LogP contribution in [0.5, 0.6) is 0 Å². The highest BCUT2D eigenvalue weighted by molar-refractivity contribution is 5.81. The van der Waals surface area contributed by atoms with Crippen LogP contribution in [0.2, 0.25) is 0 Å². The van der Waals surface area contributed by atoms with E-state index >= 15 is 0 Å². The second-order valence-electron chi connectivity index (χ2n) is 5.81. The summed E-state index contributed by atoms with van der Waals surface area (Å²) in [5, 5.41) is 8.11. The molecule has 1 heterocycles. The minimum absolute atomic E-state index is 0.354. The molecule has 0 aliphatic carbocycles. The highest BCUT2D eigenvalue weighted by Crippen LogP contribution is 2.14. The van der Waals surface area contributed by atoms with Crippen LogP contribution >= 0.6 is 0 Å². The number of hydrogen-bond acceptors (Lipinski definition) is 3. The number of nitrogens with zero attached hydrogens (tertiary/aromatic N) is 3. The Kier molecular flexibility index (Phi) is 4.66. The molecule has 3 rings (SSSR count). The smallest absolute Gasteiger partial charge is 0.172 e. The Labute approximate surface area is 141 Å². The molecule has 3 aromatic rings. The molecule has 4 heteroatoms. The molecule has 2 aromatic carbocycles. The van der Waals surface area contributed by atoms with E-state index in [1.807, 2.05) is 36.4 Å². The van der Waals surface area contributed by atoms with Gasteiger partial charge in [-0.15, -0.1) is 5.10 Å². The molecule has 0 atom stereocenters. The average molecular weight is 317 g/mol. The lowest BCUT2D eigenvalue weighted by Crippen LogP contribution is -2.05. The van der Waals surface area contributed by atoms with Crippen molar-refractivity contribution in [1.29, 1.82) is 0 Å². The lowest BCUT2D eigenvalue weighted by molar-refractivity contribution is 0.111. The molecule has 0 aliphatic heterocycles. The molecule has 0 radical (unpaired) electrons. The van der Waals surface area contributed by atoms with Crippen LogP contribution in [-0.2, 0) is 6.54 Å². The third-order valence-corrected chi connectivity index (χ3v) is 4.00. The van der Waals surface area contributed by atoms with E-state index in [9.17, 15) is 4.79 Å². The molecule has 0 unspecified atom stereocenters. The molecule has 4 nitrogen and oxygen atoms in total. The molecule has 0 saturated carbocycles. The number of hydrogen-bond donors (Lipinski definition) is 0. The summed E-state index contributed by atoms with van der Waals surface area (Å²) in [6.45, 7) is 4.70.